The fourth-order valence-electron chi connectivity index (χ4n) is 2.37. The molecule has 0 aliphatic rings. The highest BCUT2D eigenvalue weighted by molar-refractivity contribution is 6.14. The van der Waals surface area contributed by atoms with E-state index in [1.165, 1.54) is 30.3 Å². The lowest BCUT2D eigenvalue weighted by Gasteiger charge is -2.11. The van der Waals surface area contributed by atoms with Crippen molar-refractivity contribution in [3.05, 3.63) is 69.3 Å². The van der Waals surface area contributed by atoms with E-state index in [4.69, 9.17) is 4.74 Å². The Bertz CT molecular complexity index is 846. The van der Waals surface area contributed by atoms with Crippen molar-refractivity contribution in [2.45, 2.75) is 13.8 Å². The van der Waals surface area contributed by atoms with E-state index in [-0.39, 0.29) is 34.9 Å². The zero-order valence-electron chi connectivity index (χ0n) is 14.8. The van der Waals surface area contributed by atoms with Gasteiger partial charge in [0.2, 0.25) is 0 Å². The number of nitrogens with zero attached hydrogens (tertiary/aromatic N) is 1. The van der Waals surface area contributed by atoms with Crippen molar-refractivity contribution in [3.63, 3.8) is 0 Å². The van der Waals surface area contributed by atoms with Crippen LogP contribution in [0.5, 0.6) is 0 Å². The summed E-state index contributed by atoms with van der Waals surface area (Å²) >= 11 is 0. The second kappa shape index (κ2) is 8.24. The molecule has 26 heavy (non-hydrogen) atoms. The lowest BCUT2D eigenvalue weighted by Crippen LogP contribution is -2.15. The van der Waals surface area contributed by atoms with Gasteiger partial charge in [0.25, 0.3) is 5.69 Å². The Labute approximate surface area is 151 Å². The summed E-state index contributed by atoms with van der Waals surface area (Å²) < 4.78 is 5.21. The minimum atomic E-state index is -0.594. The van der Waals surface area contributed by atoms with Crippen LogP contribution >= 0.6 is 0 Å². The SMILES string of the molecule is CNc1ccc(C(=O)c2ccccc2C(=O)OCC(C)C)cc1[N+](=O)[O-]. The second-order valence-electron chi connectivity index (χ2n) is 6.11. The van der Waals surface area contributed by atoms with Crippen molar-refractivity contribution in [1.29, 1.82) is 0 Å². The van der Waals surface area contributed by atoms with E-state index in [0.29, 0.717) is 5.69 Å². The minimum Gasteiger partial charge on any atom is -0.462 e. The number of rotatable bonds is 7. The largest absolute Gasteiger partial charge is 0.462 e. The number of carbonyl (C=O) groups is 2. The number of carbonyl (C=O) groups excluding carboxylic acids is 2. The number of hydrogen-bond acceptors (Lipinski definition) is 6. The zero-order valence-corrected chi connectivity index (χ0v) is 14.8. The van der Waals surface area contributed by atoms with Crippen molar-refractivity contribution in [2.75, 3.05) is 19.0 Å². The van der Waals surface area contributed by atoms with Gasteiger partial charge in [-0.1, -0.05) is 32.0 Å². The smallest absolute Gasteiger partial charge is 0.338 e. The molecule has 0 radical (unpaired) electrons. The lowest BCUT2D eigenvalue weighted by molar-refractivity contribution is -0.384. The van der Waals surface area contributed by atoms with Gasteiger partial charge in [-0.2, -0.15) is 0 Å². The van der Waals surface area contributed by atoms with Crippen LogP contribution in [0.15, 0.2) is 42.5 Å². The molecule has 7 heteroatoms. The molecule has 0 saturated heterocycles. The molecule has 0 unspecified atom stereocenters. The molecule has 0 heterocycles. The maximum Gasteiger partial charge on any atom is 0.338 e. The van der Waals surface area contributed by atoms with Gasteiger partial charge in [-0.3, -0.25) is 14.9 Å². The predicted octanol–water partition coefficient (Wildman–Crippen LogP) is 3.68. The van der Waals surface area contributed by atoms with Gasteiger partial charge in [-0.25, -0.2) is 4.79 Å². The molecule has 7 nitrogen and oxygen atoms in total. The highest BCUT2D eigenvalue weighted by atomic mass is 16.6. The summed E-state index contributed by atoms with van der Waals surface area (Å²) in [6, 6.07) is 10.4. The molecule has 0 bridgehead atoms. The Hall–Kier alpha value is -3.22. The van der Waals surface area contributed by atoms with Gasteiger partial charge in [0, 0.05) is 24.2 Å². The van der Waals surface area contributed by atoms with Crippen molar-refractivity contribution < 1.29 is 19.2 Å². The summed E-state index contributed by atoms with van der Waals surface area (Å²) in [6.45, 7) is 4.06. The molecular weight excluding hydrogens is 336 g/mol. The van der Waals surface area contributed by atoms with Crippen molar-refractivity contribution in [2.24, 2.45) is 5.92 Å². The van der Waals surface area contributed by atoms with E-state index in [1.54, 1.807) is 19.2 Å². The quantitative estimate of drug-likeness (QED) is 0.352. The van der Waals surface area contributed by atoms with Crippen LogP contribution in [0.1, 0.15) is 40.1 Å². The average Bonchev–Trinajstić information content (AvgIpc) is 2.64. The monoisotopic (exact) mass is 356 g/mol. The van der Waals surface area contributed by atoms with Gasteiger partial charge in [-0.05, 0) is 24.1 Å². The van der Waals surface area contributed by atoms with E-state index >= 15 is 0 Å². The Balaban J connectivity index is 2.40. The number of hydrogen-bond donors (Lipinski definition) is 1. The summed E-state index contributed by atoms with van der Waals surface area (Å²) in [5.41, 5.74) is 0.500. The summed E-state index contributed by atoms with van der Waals surface area (Å²) in [4.78, 5) is 35.8. The third kappa shape index (κ3) is 4.24. The predicted molar refractivity (Wildman–Crippen MR) is 97.6 cm³/mol. The molecule has 0 aromatic heterocycles. The minimum absolute atomic E-state index is 0.125. The van der Waals surface area contributed by atoms with E-state index in [2.05, 4.69) is 5.32 Å². The first kappa shape index (κ1) is 19.1. The molecule has 2 aromatic rings. The zero-order chi connectivity index (χ0) is 19.3. The lowest BCUT2D eigenvalue weighted by atomic mass is 9.97. The van der Waals surface area contributed by atoms with E-state index in [9.17, 15) is 19.7 Å². The second-order valence-corrected chi connectivity index (χ2v) is 6.11. The molecule has 0 amide bonds. The maximum absolute atomic E-state index is 12.8. The fraction of sp³-hybridized carbons (Fsp3) is 0.263. The number of ketones is 1. The van der Waals surface area contributed by atoms with Crippen molar-refractivity contribution >= 4 is 23.1 Å². The third-order valence-electron chi connectivity index (χ3n) is 3.67. The summed E-state index contributed by atoms with van der Waals surface area (Å²) in [7, 11) is 1.56. The summed E-state index contributed by atoms with van der Waals surface area (Å²) in [5, 5.41) is 13.9. The highest BCUT2D eigenvalue weighted by Gasteiger charge is 2.22. The normalized spacial score (nSPS) is 10.5. The fourth-order valence-corrected chi connectivity index (χ4v) is 2.37. The van der Waals surface area contributed by atoms with Gasteiger partial charge in [0.1, 0.15) is 5.69 Å². The van der Waals surface area contributed by atoms with Gasteiger partial charge >= 0.3 is 5.97 Å². The van der Waals surface area contributed by atoms with Gasteiger partial charge < -0.3 is 10.1 Å². The van der Waals surface area contributed by atoms with Crippen LogP contribution in [-0.4, -0.2) is 30.3 Å². The van der Waals surface area contributed by atoms with E-state index in [1.807, 2.05) is 13.8 Å². The number of anilines is 1. The van der Waals surface area contributed by atoms with Gasteiger partial charge in [0.15, 0.2) is 5.78 Å². The van der Waals surface area contributed by atoms with Crippen molar-refractivity contribution in [1.82, 2.24) is 0 Å². The Morgan fingerprint density at radius 1 is 1.15 bits per heavy atom. The van der Waals surface area contributed by atoms with Gasteiger partial charge in [0.05, 0.1) is 17.1 Å². The topological polar surface area (TPSA) is 98.5 Å². The Morgan fingerprint density at radius 2 is 1.81 bits per heavy atom. The molecule has 0 saturated carbocycles. The molecule has 0 fully saturated rings. The third-order valence-corrected chi connectivity index (χ3v) is 3.67. The first-order valence-electron chi connectivity index (χ1n) is 8.12. The van der Waals surface area contributed by atoms with Crippen molar-refractivity contribution in [3.8, 4) is 0 Å². The molecule has 1 N–H and O–H groups in total. The first-order chi connectivity index (χ1) is 12.3. The van der Waals surface area contributed by atoms with Crippen LogP contribution in [0, 0.1) is 16.0 Å². The summed E-state index contributed by atoms with van der Waals surface area (Å²) in [6.07, 6.45) is 0. The molecular formula is C19H20N2O5. The molecule has 2 aromatic carbocycles. The number of nitrogens with one attached hydrogen (secondary N) is 1. The van der Waals surface area contributed by atoms with Crippen LogP contribution in [-0.2, 0) is 4.74 Å². The van der Waals surface area contributed by atoms with E-state index in [0.717, 1.165) is 0 Å². The number of benzene rings is 2. The number of ether oxygens (including phenoxy) is 1. The Kier molecular flexibility index (Phi) is 6.06. The standard InChI is InChI=1S/C19H20N2O5/c1-12(2)11-26-19(23)15-7-5-4-6-14(15)18(22)13-8-9-16(20-3)17(10-13)21(24)25/h4-10,12,20H,11H2,1-3H3. The maximum atomic E-state index is 12.8. The molecule has 136 valence electrons. The number of esters is 1. The highest BCUT2D eigenvalue weighted by Crippen LogP contribution is 2.27. The number of nitro groups is 1. The summed E-state index contributed by atoms with van der Waals surface area (Å²) in [5.74, 6) is -0.907. The molecule has 2 rings (SSSR count). The number of nitro benzene ring substituents is 1. The Morgan fingerprint density at radius 3 is 2.38 bits per heavy atom. The van der Waals surface area contributed by atoms with Crippen LogP contribution in [0.4, 0.5) is 11.4 Å². The first-order valence-corrected chi connectivity index (χ1v) is 8.12. The molecule has 0 aliphatic heterocycles. The molecule has 0 aliphatic carbocycles. The molecule has 0 atom stereocenters. The van der Waals surface area contributed by atoms with Crippen LogP contribution in [0.3, 0.4) is 0 Å². The van der Waals surface area contributed by atoms with E-state index < -0.39 is 16.7 Å². The van der Waals surface area contributed by atoms with Crippen LogP contribution < -0.4 is 5.32 Å². The van der Waals surface area contributed by atoms with Crippen LogP contribution in [0.25, 0.3) is 0 Å². The van der Waals surface area contributed by atoms with Crippen LogP contribution in [0.2, 0.25) is 0 Å². The molecule has 0 spiro atoms. The van der Waals surface area contributed by atoms with Gasteiger partial charge in [-0.15, -0.1) is 0 Å². The average molecular weight is 356 g/mol.